The molecule has 2 aromatic rings. The molecule has 0 aliphatic carbocycles. The van der Waals surface area contributed by atoms with Crippen LogP contribution < -0.4 is 5.73 Å². The van der Waals surface area contributed by atoms with Gasteiger partial charge in [0.2, 0.25) is 0 Å². The number of aryl methyl sites for hydroxylation is 1. The van der Waals surface area contributed by atoms with Crippen LogP contribution in [0.4, 0.5) is 0 Å². The summed E-state index contributed by atoms with van der Waals surface area (Å²) in [7, 11) is 0. The molecule has 0 aliphatic heterocycles. The second-order valence-electron chi connectivity index (χ2n) is 4.43. The number of hydrogen-bond donors (Lipinski definition) is 1. The predicted octanol–water partition coefficient (Wildman–Crippen LogP) is 3.08. The van der Waals surface area contributed by atoms with Crippen molar-refractivity contribution in [3.05, 3.63) is 30.1 Å². The lowest BCUT2D eigenvalue weighted by Gasteiger charge is -2.07. The van der Waals surface area contributed by atoms with E-state index in [4.69, 9.17) is 5.73 Å². The number of hydrogen-bond acceptors (Lipinski definition) is 2. The molecule has 0 fully saturated rings. The van der Waals surface area contributed by atoms with Crippen molar-refractivity contribution in [2.24, 2.45) is 5.73 Å². The zero-order chi connectivity index (χ0) is 12.1. The van der Waals surface area contributed by atoms with Crippen molar-refractivity contribution in [3.8, 4) is 0 Å². The van der Waals surface area contributed by atoms with Gasteiger partial charge in [-0.25, -0.2) is 4.98 Å². The van der Waals surface area contributed by atoms with Gasteiger partial charge >= 0.3 is 0 Å². The van der Waals surface area contributed by atoms with Crippen molar-refractivity contribution in [1.29, 1.82) is 0 Å². The van der Waals surface area contributed by atoms with Crippen LogP contribution in [0.1, 0.15) is 38.4 Å². The summed E-state index contributed by atoms with van der Waals surface area (Å²) in [6.07, 6.45) is 5.08. The molecule has 17 heavy (non-hydrogen) atoms. The summed E-state index contributed by atoms with van der Waals surface area (Å²) in [6.45, 7) is 3.79. The number of benzene rings is 1. The van der Waals surface area contributed by atoms with Gasteiger partial charge in [-0.05, 0) is 18.6 Å². The highest BCUT2D eigenvalue weighted by molar-refractivity contribution is 5.75. The Kier molecular flexibility index (Phi) is 4.15. The topological polar surface area (TPSA) is 43.8 Å². The van der Waals surface area contributed by atoms with Gasteiger partial charge in [-0.2, -0.15) is 0 Å². The number of para-hydroxylation sites is 2. The maximum atomic E-state index is 5.76. The van der Waals surface area contributed by atoms with Crippen LogP contribution in [0.5, 0.6) is 0 Å². The maximum Gasteiger partial charge on any atom is 0.123 e. The largest absolute Gasteiger partial charge is 0.327 e. The van der Waals surface area contributed by atoms with Gasteiger partial charge in [-0.3, -0.25) is 0 Å². The van der Waals surface area contributed by atoms with Crippen LogP contribution in [0.3, 0.4) is 0 Å². The lowest BCUT2D eigenvalue weighted by Crippen LogP contribution is -2.08. The minimum absolute atomic E-state index is 0.516. The molecule has 0 amide bonds. The third-order valence-corrected chi connectivity index (χ3v) is 3.15. The molecule has 2 N–H and O–H groups in total. The molecular formula is C14H21N3. The molecule has 0 radical (unpaired) electrons. The molecule has 0 spiro atoms. The van der Waals surface area contributed by atoms with Crippen LogP contribution in [-0.2, 0) is 13.1 Å². The van der Waals surface area contributed by atoms with Crippen molar-refractivity contribution in [1.82, 2.24) is 9.55 Å². The summed E-state index contributed by atoms with van der Waals surface area (Å²) in [6, 6.07) is 8.27. The molecule has 0 saturated heterocycles. The Labute approximate surface area is 103 Å². The van der Waals surface area contributed by atoms with E-state index in [1.807, 2.05) is 6.07 Å². The highest BCUT2D eigenvalue weighted by atomic mass is 15.1. The van der Waals surface area contributed by atoms with E-state index >= 15 is 0 Å². The van der Waals surface area contributed by atoms with Crippen molar-refractivity contribution in [2.75, 3.05) is 0 Å². The Balaban J connectivity index is 2.18. The summed E-state index contributed by atoms with van der Waals surface area (Å²) in [5.41, 5.74) is 8.03. The Bertz CT molecular complexity index is 473. The van der Waals surface area contributed by atoms with Gasteiger partial charge in [0.05, 0.1) is 17.6 Å². The molecule has 3 nitrogen and oxygen atoms in total. The van der Waals surface area contributed by atoms with Gasteiger partial charge in [-0.15, -0.1) is 0 Å². The predicted molar refractivity (Wildman–Crippen MR) is 71.8 cm³/mol. The number of rotatable bonds is 6. The van der Waals surface area contributed by atoms with E-state index in [-0.39, 0.29) is 0 Å². The quantitative estimate of drug-likeness (QED) is 0.776. The summed E-state index contributed by atoms with van der Waals surface area (Å²) < 4.78 is 2.27. The van der Waals surface area contributed by atoms with Crippen molar-refractivity contribution < 1.29 is 0 Å². The SMILES string of the molecule is CCCCCCn1c(CN)nc2ccccc21. The second-order valence-corrected chi connectivity index (χ2v) is 4.43. The molecule has 1 heterocycles. The van der Waals surface area contributed by atoms with Gasteiger partial charge in [0.25, 0.3) is 0 Å². The standard InChI is InChI=1S/C14H21N3/c1-2-3-4-7-10-17-13-9-6-5-8-12(13)16-14(17)11-15/h5-6,8-9H,2-4,7,10-11,15H2,1H3. The summed E-state index contributed by atoms with van der Waals surface area (Å²) in [5.74, 6) is 1.00. The molecule has 0 saturated carbocycles. The van der Waals surface area contributed by atoms with Gasteiger partial charge in [0, 0.05) is 6.54 Å². The van der Waals surface area contributed by atoms with Crippen LogP contribution >= 0.6 is 0 Å². The molecule has 0 aliphatic rings. The van der Waals surface area contributed by atoms with E-state index < -0.39 is 0 Å². The zero-order valence-electron chi connectivity index (χ0n) is 10.5. The lowest BCUT2D eigenvalue weighted by atomic mass is 10.2. The molecule has 2 rings (SSSR count). The number of fused-ring (bicyclic) bond motifs is 1. The zero-order valence-corrected chi connectivity index (χ0v) is 10.5. The fourth-order valence-electron chi connectivity index (χ4n) is 2.23. The van der Waals surface area contributed by atoms with Gasteiger partial charge in [0.1, 0.15) is 5.82 Å². The number of imidazole rings is 1. The van der Waals surface area contributed by atoms with Crippen molar-refractivity contribution >= 4 is 11.0 Å². The highest BCUT2D eigenvalue weighted by Gasteiger charge is 2.07. The summed E-state index contributed by atoms with van der Waals surface area (Å²) >= 11 is 0. The number of nitrogens with zero attached hydrogens (tertiary/aromatic N) is 2. The maximum absolute atomic E-state index is 5.76. The normalized spacial score (nSPS) is 11.2. The van der Waals surface area contributed by atoms with Crippen LogP contribution in [-0.4, -0.2) is 9.55 Å². The van der Waals surface area contributed by atoms with Crippen molar-refractivity contribution in [3.63, 3.8) is 0 Å². The fourth-order valence-corrected chi connectivity index (χ4v) is 2.23. The number of unbranched alkanes of at least 4 members (excludes halogenated alkanes) is 3. The third-order valence-electron chi connectivity index (χ3n) is 3.15. The number of nitrogens with two attached hydrogens (primary N) is 1. The average Bonchev–Trinajstić information content (AvgIpc) is 2.73. The first-order chi connectivity index (χ1) is 8.36. The van der Waals surface area contributed by atoms with Gasteiger partial charge < -0.3 is 10.3 Å². The Morgan fingerprint density at radius 2 is 2.00 bits per heavy atom. The monoisotopic (exact) mass is 231 g/mol. The van der Waals surface area contributed by atoms with Gasteiger partial charge in [0.15, 0.2) is 0 Å². The molecular weight excluding hydrogens is 210 g/mol. The first kappa shape index (κ1) is 12.1. The Hall–Kier alpha value is -1.35. The minimum Gasteiger partial charge on any atom is -0.327 e. The Morgan fingerprint density at radius 1 is 1.18 bits per heavy atom. The molecule has 3 heteroatoms. The number of aromatic nitrogens is 2. The van der Waals surface area contributed by atoms with Crippen molar-refractivity contribution in [2.45, 2.75) is 45.7 Å². The minimum atomic E-state index is 0.516. The van der Waals surface area contributed by atoms with Crippen LogP contribution in [0, 0.1) is 0 Å². The molecule has 1 aromatic carbocycles. The van der Waals surface area contributed by atoms with E-state index in [2.05, 4.69) is 34.7 Å². The molecule has 0 atom stereocenters. The van der Waals surface area contributed by atoms with Crippen LogP contribution in [0.15, 0.2) is 24.3 Å². The molecule has 92 valence electrons. The van der Waals surface area contributed by atoms with E-state index in [1.54, 1.807) is 0 Å². The molecule has 0 bridgehead atoms. The first-order valence-electron chi connectivity index (χ1n) is 6.51. The average molecular weight is 231 g/mol. The lowest BCUT2D eigenvalue weighted by molar-refractivity contribution is 0.575. The first-order valence-corrected chi connectivity index (χ1v) is 6.51. The van der Waals surface area contributed by atoms with E-state index in [0.717, 1.165) is 17.9 Å². The third kappa shape index (κ3) is 2.67. The van der Waals surface area contributed by atoms with Crippen LogP contribution in [0.2, 0.25) is 0 Å². The van der Waals surface area contributed by atoms with E-state index in [0.29, 0.717) is 6.54 Å². The summed E-state index contributed by atoms with van der Waals surface area (Å²) in [5, 5.41) is 0. The van der Waals surface area contributed by atoms with E-state index in [1.165, 1.54) is 31.2 Å². The van der Waals surface area contributed by atoms with Crippen LogP contribution in [0.25, 0.3) is 11.0 Å². The van der Waals surface area contributed by atoms with E-state index in [9.17, 15) is 0 Å². The highest BCUT2D eigenvalue weighted by Crippen LogP contribution is 2.17. The smallest absolute Gasteiger partial charge is 0.123 e. The summed E-state index contributed by atoms with van der Waals surface area (Å²) in [4.78, 5) is 4.57. The fraction of sp³-hybridized carbons (Fsp3) is 0.500. The Morgan fingerprint density at radius 3 is 2.76 bits per heavy atom. The molecule has 0 unspecified atom stereocenters. The second kappa shape index (κ2) is 5.82. The van der Waals surface area contributed by atoms with Gasteiger partial charge in [-0.1, -0.05) is 38.3 Å². The molecule has 1 aromatic heterocycles.